The molecule has 2 saturated heterocycles. The van der Waals surface area contributed by atoms with Crippen molar-refractivity contribution < 1.29 is 18.8 Å². The summed E-state index contributed by atoms with van der Waals surface area (Å²) in [6, 6.07) is 0.127. The van der Waals surface area contributed by atoms with E-state index < -0.39 is 12.7 Å². The molecule has 0 bridgehead atoms. The van der Waals surface area contributed by atoms with Gasteiger partial charge >= 0.3 is 13.2 Å². The van der Waals surface area contributed by atoms with Crippen molar-refractivity contribution in [3.05, 3.63) is 12.4 Å². The number of amides is 1. The summed E-state index contributed by atoms with van der Waals surface area (Å²) in [6.07, 6.45) is 5.42. The first-order valence-electron chi connectivity index (χ1n) is 9.76. The molecular formula is C19H32BN3O4. The number of piperidine rings is 1. The van der Waals surface area contributed by atoms with E-state index in [0.29, 0.717) is 6.54 Å². The largest absolute Gasteiger partial charge is 0.498 e. The van der Waals surface area contributed by atoms with Gasteiger partial charge in [0.05, 0.1) is 17.2 Å². The third-order valence-electron chi connectivity index (χ3n) is 5.57. The maximum Gasteiger partial charge on any atom is 0.498 e. The lowest BCUT2D eigenvalue weighted by Crippen LogP contribution is -2.43. The highest BCUT2D eigenvalue weighted by Gasteiger charge is 2.52. The van der Waals surface area contributed by atoms with Crippen molar-refractivity contribution in [1.29, 1.82) is 0 Å². The third kappa shape index (κ3) is 4.32. The van der Waals surface area contributed by atoms with Crippen molar-refractivity contribution in [1.82, 2.24) is 14.7 Å². The molecule has 2 aliphatic heterocycles. The van der Waals surface area contributed by atoms with Gasteiger partial charge in [0.15, 0.2) is 0 Å². The molecule has 27 heavy (non-hydrogen) atoms. The second-order valence-corrected chi connectivity index (χ2v) is 9.56. The SMILES string of the molecule is CC(C)(C)OC(=O)N1CCC[C@H](n2cc(B3OC(C)(C)C(C)(C)O3)cn2)C1. The number of nitrogens with zero attached hydrogens (tertiary/aromatic N) is 3. The van der Waals surface area contributed by atoms with Crippen LogP contribution in [0.25, 0.3) is 0 Å². The van der Waals surface area contributed by atoms with E-state index in [2.05, 4.69) is 5.10 Å². The van der Waals surface area contributed by atoms with Crippen molar-refractivity contribution in [2.75, 3.05) is 13.1 Å². The Morgan fingerprint density at radius 2 is 1.89 bits per heavy atom. The van der Waals surface area contributed by atoms with Gasteiger partial charge in [0.25, 0.3) is 0 Å². The molecule has 3 rings (SSSR count). The number of carbonyl (C=O) groups excluding carboxylic acids is 1. The summed E-state index contributed by atoms with van der Waals surface area (Å²) in [6.45, 7) is 15.1. The van der Waals surface area contributed by atoms with E-state index in [0.717, 1.165) is 24.8 Å². The molecule has 1 atom stereocenters. The summed E-state index contributed by atoms with van der Waals surface area (Å²) < 4.78 is 19.6. The number of hydrogen-bond acceptors (Lipinski definition) is 5. The minimum absolute atomic E-state index is 0.127. The first kappa shape index (κ1) is 20.2. The lowest BCUT2D eigenvalue weighted by Gasteiger charge is -2.34. The number of carbonyl (C=O) groups is 1. The highest BCUT2D eigenvalue weighted by Crippen LogP contribution is 2.36. The first-order chi connectivity index (χ1) is 12.4. The van der Waals surface area contributed by atoms with Crippen molar-refractivity contribution in [3.8, 4) is 0 Å². The van der Waals surface area contributed by atoms with E-state index in [-0.39, 0.29) is 23.3 Å². The van der Waals surface area contributed by atoms with Gasteiger partial charge < -0.3 is 18.9 Å². The van der Waals surface area contributed by atoms with Crippen LogP contribution in [0.2, 0.25) is 0 Å². The fraction of sp³-hybridized carbons (Fsp3) is 0.789. The molecule has 0 aromatic carbocycles. The minimum Gasteiger partial charge on any atom is -0.444 e. The standard InChI is InChI=1S/C19H32BN3O4/c1-17(2,3)25-16(24)22-10-8-9-15(13-22)23-12-14(11-21-23)20-26-18(4,5)19(6,7)27-20/h11-12,15H,8-10,13H2,1-7H3/t15-/m0/s1. The molecule has 0 radical (unpaired) electrons. The van der Waals surface area contributed by atoms with Crippen LogP contribution in [-0.2, 0) is 14.0 Å². The molecule has 0 spiro atoms. The van der Waals surface area contributed by atoms with E-state index in [1.54, 1.807) is 11.1 Å². The zero-order valence-electron chi connectivity index (χ0n) is 17.6. The van der Waals surface area contributed by atoms with E-state index in [1.165, 1.54) is 0 Å². The van der Waals surface area contributed by atoms with Crippen molar-refractivity contribution in [2.45, 2.75) is 84.2 Å². The third-order valence-corrected chi connectivity index (χ3v) is 5.57. The zero-order chi connectivity index (χ0) is 20.0. The lowest BCUT2D eigenvalue weighted by atomic mass is 9.82. The highest BCUT2D eigenvalue weighted by atomic mass is 16.7. The Morgan fingerprint density at radius 1 is 1.26 bits per heavy atom. The number of ether oxygens (including phenoxy) is 1. The number of aromatic nitrogens is 2. The topological polar surface area (TPSA) is 65.8 Å². The van der Waals surface area contributed by atoms with Crippen LogP contribution in [0.5, 0.6) is 0 Å². The lowest BCUT2D eigenvalue weighted by molar-refractivity contribution is 0.00578. The summed E-state index contributed by atoms with van der Waals surface area (Å²) in [4.78, 5) is 14.2. The smallest absolute Gasteiger partial charge is 0.444 e. The van der Waals surface area contributed by atoms with Gasteiger partial charge in [-0.2, -0.15) is 5.10 Å². The van der Waals surface area contributed by atoms with Gasteiger partial charge in [0, 0.05) is 30.9 Å². The summed E-state index contributed by atoms with van der Waals surface area (Å²) in [5.41, 5.74) is -0.335. The monoisotopic (exact) mass is 377 g/mol. The van der Waals surface area contributed by atoms with E-state index in [9.17, 15) is 4.79 Å². The average Bonchev–Trinajstić information content (AvgIpc) is 3.09. The minimum atomic E-state index is -0.486. The molecule has 8 heteroatoms. The molecule has 3 heterocycles. The molecule has 7 nitrogen and oxygen atoms in total. The predicted octanol–water partition coefficient (Wildman–Crippen LogP) is 2.75. The number of likely N-dealkylation sites (tertiary alicyclic amines) is 1. The average molecular weight is 377 g/mol. The molecule has 150 valence electrons. The molecule has 0 aliphatic carbocycles. The van der Waals surface area contributed by atoms with Crippen molar-refractivity contribution in [2.24, 2.45) is 0 Å². The molecule has 1 aromatic heterocycles. The maximum absolute atomic E-state index is 12.4. The van der Waals surface area contributed by atoms with Crippen molar-refractivity contribution >= 4 is 18.7 Å². The Balaban J connectivity index is 1.67. The number of rotatable bonds is 2. The molecule has 1 amide bonds. The van der Waals surface area contributed by atoms with Gasteiger partial charge in [-0.25, -0.2) is 4.79 Å². The van der Waals surface area contributed by atoms with Crippen LogP contribution in [0.4, 0.5) is 4.79 Å². The zero-order valence-corrected chi connectivity index (χ0v) is 17.6. The van der Waals surface area contributed by atoms with Gasteiger partial charge in [-0.3, -0.25) is 4.68 Å². The van der Waals surface area contributed by atoms with Gasteiger partial charge in [-0.05, 0) is 61.3 Å². The summed E-state index contributed by atoms with van der Waals surface area (Å²) in [7, 11) is -0.422. The summed E-state index contributed by atoms with van der Waals surface area (Å²) in [5, 5.41) is 4.53. The quantitative estimate of drug-likeness (QED) is 0.742. The molecule has 0 unspecified atom stereocenters. The Kier molecular flexibility index (Phi) is 5.10. The van der Waals surface area contributed by atoms with Crippen molar-refractivity contribution in [3.63, 3.8) is 0 Å². The van der Waals surface area contributed by atoms with E-state index >= 15 is 0 Å². The van der Waals surface area contributed by atoms with E-state index in [1.807, 2.05) is 59.3 Å². The second-order valence-electron chi connectivity index (χ2n) is 9.56. The van der Waals surface area contributed by atoms with Crippen LogP contribution in [0.1, 0.15) is 67.3 Å². The van der Waals surface area contributed by atoms with Gasteiger partial charge in [-0.15, -0.1) is 0 Å². The maximum atomic E-state index is 12.4. The van der Waals surface area contributed by atoms with Crippen LogP contribution < -0.4 is 5.46 Å². The molecule has 2 aliphatic rings. The van der Waals surface area contributed by atoms with Gasteiger partial charge in [-0.1, -0.05) is 0 Å². The molecule has 1 aromatic rings. The fourth-order valence-corrected chi connectivity index (χ4v) is 3.32. The van der Waals surface area contributed by atoms with Crippen LogP contribution in [-0.4, -0.2) is 57.8 Å². The van der Waals surface area contributed by atoms with Crippen LogP contribution >= 0.6 is 0 Å². The van der Waals surface area contributed by atoms with Gasteiger partial charge in [0.2, 0.25) is 0 Å². The normalized spacial score (nSPS) is 24.9. The molecule has 2 fully saturated rings. The first-order valence-corrected chi connectivity index (χ1v) is 9.76. The second kappa shape index (κ2) is 6.81. The molecular weight excluding hydrogens is 345 g/mol. The Labute approximate surface area is 162 Å². The van der Waals surface area contributed by atoms with Crippen LogP contribution in [0.3, 0.4) is 0 Å². The predicted molar refractivity (Wildman–Crippen MR) is 104 cm³/mol. The fourth-order valence-electron chi connectivity index (χ4n) is 3.32. The Hall–Kier alpha value is -1.54. The summed E-state index contributed by atoms with van der Waals surface area (Å²) >= 11 is 0. The van der Waals surface area contributed by atoms with Crippen LogP contribution in [0, 0.1) is 0 Å². The van der Waals surface area contributed by atoms with Crippen LogP contribution in [0.15, 0.2) is 12.4 Å². The Morgan fingerprint density at radius 3 is 2.48 bits per heavy atom. The van der Waals surface area contributed by atoms with Gasteiger partial charge in [0.1, 0.15) is 5.60 Å². The summed E-state index contributed by atoms with van der Waals surface area (Å²) in [5.74, 6) is 0. The van der Waals surface area contributed by atoms with E-state index in [4.69, 9.17) is 14.0 Å². The molecule has 0 N–H and O–H groups in total. The molecule has 0 saturated carbocycles. The highest BCUT2D eigenvalue weighted by molar-refractivity contribution is 6.62. The number of hydrogen-bond donors (Lipinski definition) is 0. The Bertz CT molecular complexity index is 679.